The summed E-state index contributed by atoms with van der Waals surface area (Å²) >= 11 is 0.925. The van der Waals surface area contributed by atoms with E-state index in [1.807, 2.05) is 0 Å². The lowest BCUT2D eigenvalue weighted by Crippen LogP contribution is -2.22. The van der Waals surface area contributed by atoms with Gasteiger partial charge >= 0.3 is 7.82 Å². The number of hydrogen-bond donors (Lipinski definition) is 3. The molecule has 0 radical (unpaired) electrons. The van der Waals surface area contributed by atoms with Crippen LogP contribution < -0.4 is 5.73 Å². The van der Waals surface area contributed by atoms with Crippen molar-refractivity contribution in [3.05, 3.63) is 40.8 Å². The van der Waals surface area contributed by atoms with E-state index in [2.05, 4.69) is 21.1 Å². The van der Waals surface area contributed by atoms with Crippen molar-refractivity contribution in [3.8, 4) is 0 Å². The van der Waals surface area contributed by atoms with E-state index in [0.29, 0.717) is 47.7 Å². The molecule has 0 aromatic carbocycles. The number of unbranched alkanes of at least 4 members (excludes halogenated alkanes) is 1. The number of rotatable bonds is 13. The van der Waals surface area contributed by atoms with Crippen LogP contribution in [0.5, 0.6) is 0 Å². The molecule has 0 aliphatic carbocycles. The number of aromatic nitrogens is 2. The van der Waals surface area contributed by atoms with Crippen molar-refractivity contribution < 1.29 is 28.5 Å². The Balaban J connectivity index is 3.05. The maximum Gasteiger partial charge on any atom is 0.469 e. The van der Waals surface area contributed by atoms with Gasteiger partial charge in [-0.3, -0.25) is 14.1 Å². The number of carbonyl (C=O) groups excluding carboxylic acids is 2. The third-order valence-electron chi connectivity index (χ3n) is 3.94. The van der Waals surface area contributed by atoms with Crippen molar-refractivity contribution in [1.82, 2.24) is 14.9 Å². The first-order chi connectivity index (χ1) is 14.1. The van der Waals surface area contributed by atoms with Crippen LogP contribution in [0, 0.1) is 6.92 Å². The number of nitrogens with zero attached hydrogens (tertiary/aromatic N) is 3. The summed E-state index contributed by atoms with van der Waals surface area (Å²) < 4.78 is 15.5. The quantitative estimate of drug-likeness (QED) is 0.174. The molecule has 1 amide bonds. The molecule has 12 heteroatoms. The second kappa shape index (κ2) is 12.6. The van der Waals surface area contributed by atoms with Gasteiger partial charge in [0.2, 0.25) is 6.41 Å². The molecular formula is C18H27N4O6PS. The summed E-state index contributed by atoms with van der Waals surface area (Å²) in [6, 6.07) is 0. The molecule has 10 nitrogen and oxygen atoms in total. The Morgan fingerprint density at radius 3 is 2.70 bits per heavy atom. The number of amides is 1. The van der Waals surface area contributed by atoms with Gasteiger partial charge in [-0.15, -0.1) is 6.58 Å². The summed E-state index contributed by atoms with van der Waals surface area (Å²) in [5.74, 6) is 0.735. The van der Waals surface area contributed by atoms with E-state index in [4.69, 9.17) is 15.5 Å². The average Bonchev–Trinajstić information content (AvgIpc) is 2.65. The van der Waals surface area contributed by atoms with Crippen LogP contribution in [-0.2, 0) is 25.2 Å². The Morgan fingerprint density at radius 1 is 1.43 bits per heavy atom. The van der Waals surface area contributed by atoms with Crippen molar-refractivity contribution in [3.63, 3.8) is 0 Å². The summed E-state index contributed by atoms with van der Waals surface area (Å²) in [7, 11) is -4.65. The van der Waals surface area contributed by atoms with Crippen LogP contribution in [0.25, 0.3) is 0 Å². The molecule has 1 aromatic heterocycles. The number of anilines is 1. The minimum absolute atomic E-state index is 0.0407. The number of hydrogen-bond acceptors (Lipinski definition) is 8. The number of nitrogen functional groups attached to an aromatic ring is 1. The zero-order chi connectivity index (χ0) is 22.7. The Labute approximate surface area is 179 Å². The second-order valence-electron chi connectivity index (χ2n) is 6.30. The Kier molecular flexibility index (Phi) is 10.9. The molecule has 0 aliphatic rings. The summed E-state index contributed by atoms with van der Waals surface area (Å²) in [6.07, 6.45) is 5.49. The van der Waals surface area contributed by atoms with E-state index in [1.165, 1.54) is 11.1 Å². The van der Waals surface area contributed by atoms with Crippen LogP contribution in [-0.4, -0.2) is 42.8 Å². The number of carbonyl (C=O) groups is 2. The van der Waals surface area contributed by atoms with E-state index >= 15 is 0 Å². The molecule has 0 aliphatic heterocycles. The van der Waals surface area contributed by atoms with E-state index in [0.717, 1.165) is 11.8 Å². The molecule has 0 saturated heterocycles. The fraction of sp³-hybridized carbons (Fsp3) is 0.444. The van der Waals surface area contributed by atoms with Crippen molar-refractivity contribution in [2.45, 2.75) is 46.1 Å². The number of thioether (sulfide) groups is 1. The van der Waals surface area contributed by atoms with Gasteiger partial charge in [0.25, 0.3) is 0 Å². The third kappa shape index (κ3) is 9.64. The van der Waals surface area contributed by atoms with Crippen molar-refractivity contribution in [2.24, 2.45) is 0 Å². The van der Waals surface area contributed by atoms with Gasteiger partial charge in [0.05, 0.1) is 13.2 Å². The summed E-state index contributed by atoms with van der Waals surface area (Å²) in [6.45, 7) is 6.71. The van der Waals surface area contributed by atoms with Gasteiger partial charge in [0.1, 0.15) is 11.6 Å². The number of nitrogens with two attached hydrogens (primary N) is 1. The molecule has 0 spiro atoms. The first-order valence-corrected chi connectivity index (χ1v) is 11.4. The highest BCUT2D eigenvalue weighted by Crippen LogP contribution is 2.37. The lowest BCUT2D eigenvalue weighted by Gasteiger charge is -2.22. The standard InChI is InChI=1S/C18H27N4O6PS/c1-4-5-6-7-17(24)30-16(8-9-28-29(25,26)27)13(2)22(12-23)11-15-10-20-14(3)21-18(15)19/h4,10,12H,1,5-9,11H2,2-3H3,(H2,19,20,21)(H2,25,26,27)/b16-13-. The van der Waals surface area contributed by atoms with Crippen LogP contribution in [0.2, 0.25) is 0 Å². The van der Waals surface area contributed by atoms with Gasteiger partial charge in [-0.05, 0) is 26.7 Å². The van der Waals surface area contributed by atoms with E-state index in [-0.39, 0.29) is 30.5 Å². The minimum Gasteiger partial charge on any atom is -0.383 e. The molecule has 0 unspecified atom stereocenters. The Bertz CT molecular complexity index is 842. The van der Waals surface area contributed by atoms with Gasteiger partial charge in [0.15, 0.2) is 5.12 Å². The predicted octanol–water partition coefficient (Wildman–Crippen LogP) is 2.67. The van der Waals surface area contributed by atoms with E-state index < -0.39 is 7.82 Å². The number of allylic oxidation sites excluding steroid dienone is 2. The van der Waals surface area contributed by atoms with Crippen LogP contribution in [0.1, 0.15) is 44.0 Å². The molecule has 166 valence electrons. The molecule has 4 N–H and O–H groups in total. The zero-order valence-electron chi connectivity index (χ0n) is 17.0. The molecular weight excluding hydrogens is 431 g/mol. The maximum atomic E-state index is 12.3. The number of phosphoric ester groups is 1. The fourth-order valence-electron chi connectivity index (χ4n) is 2.36. The topological polar surface area (TPSA) is 156 Å². The molecule has 0 fully saturated rings. The largest absolute Gasteiger partial charge is 0.469 e. The van der Waals surface area contributed by atoms with Crippen molar-refractivity contribution in [1.29, 1.82) is 0 Å². The number of aryl methyl sites for hydroxylation is 1. The molecule has 0 saturated carbocycles. The SMILES string of the molecule is C=CCCCC(=O)S/C(CCOP(=O)(O)O)=C(/C)N(C=O)Cc1cnc(C)nc1N. The van der Waals surface area contributed by atoms with E-state index in [9.17, 15) is 14.2 Å². The maximum absolute atomic E-state index is 12.3. The third-order valence-corrected chi connectivity index (χ3v) is 5.63. The lowest BCUT2D eigenvalue weighted by molar-refractivity contribution is -0.117. The number of phosphoric acid groups is 1. The van der Waals surface area contributed by atoms with Crippen molar-refractivity contribution in [2.75, 3.05) is 12.3 Å². The molecule has 30 heavy (non-hydrogen) atoms. The first-order valence-electron chi connectivity index (χ1n) is 9.08. The van der Waals surface area contributed by atoms with Crippen molar-refractivity contribution >= 4 is 36.9 Å². The summed E-state index contributed by atoms with van der Waals surface area (Å²) in [5.41, 5.74) is 6.87. The normalized spacial score (nSPS) is 12.3. The van der Waals surface area contributed by atoms with Gasteiger partial charge < -0.3 is 20.4 Å². The fourth-order valence-corrected chi connectivity index (χ4v) is 3.66. The van der Waals surface area contributed by atoms with Crippen LogP contribution in [0.3, 0.4) is 0 Å². The molecule has 1 heterocycles. The highest BCUT2D eigenvalue weighted by molar-refractivity contribution is 8.16. The Hall–Kier alpha value is -2.04. The summed E-state index contributed by atoms with van der Waals surface area (Å²) in [5, 5.41) is -0.133. The van der Waals surface area contributed by atoms with Crippen LogP contribution in [0.4, 0.5) is 5.82 Å². The smallest absolute Gasteiger partial charge is 0.383 e. The second-order valence-corrected chi connectivity index (χ2v) is 8.69. The highest BCUT2D eigenvalue weighted by Gasteiger charge is 2.19. The summed E-state index contributed by atoms with van der Waals surface area (Å²) in [4.78, 5) is 51.7. The molecule has 0 bridgehead atoms. The van der Waals surface area contributed by atoms with Crippen LogP contribution >= 0.6 is 19.6 Å². The van der Waals surface area contributed by atoms with Gasteiger partial charge in [0, 0.05) is 35.2 Å². The van der Waals surface area contributed by atoms with Crippen LogP contribution in [0.15, 0.2) is 29.5 Å². The van der Waals surface area contributed by atoms with Gasteiger partial charge in [-0.1, -0.05) is 17.8 Å². The minimum atomic E-state index is -4.65. The lowest BCUT2D eigenvalue weighted by atomic mass is 10.2. The highest BCUT2D eigenvalue weighted by atomic mass is 32.2. The zero-order valence-corrected chi connectivity index (χ0v) is 18.7. The molecule has 1 rings (SSSR count). The Morgan fingerprint density at radius 2 is 2.13 bits per heavy atom. The molecule has 1 aromatic rings. The monoisotopic (exact) mass is 458 g/mol. The average molecular weight is 458 g/mol. The predicted molar refractivity (Wildman–Crippen MR) is 115 cm³/mol. The molecule has 0 atom stereocenters. The van der Waals surface area contributed by atoms with Gasteiger partial charge in [-0.25, -0.2) is 14.5 Å². The first kappa shape index (κ1) is 26.0. The van der Waals surface area contributed by atoms with E-state index in [1.54, 1.807) is 19.9 Å². The van der Waals surface area contributed by atoms with Gasteiger partial charge in [-0.2, -0.15) is 0 Å².